The van der Waals surface area contributed by atoms with Gasteiger partial charge in [-0.15, -0.1) is 54.1 Å². The van der Waals surface area contributed by atoms with Crippen LogP contribution < -0.4 is 0 Å². The van der Waals surface area contributed by atoms with Crippen LogP contribution in [0.5, 0.6) is 0 Å². The third-order valence-corrected chi connectivity index (χ3v) is 9.65. The van der Waals surface area contributed by atoms with Crippen molar-refractivity contribution in [2.24, 2.45) is 23.7 Å². The summed E-state index contributed by atoms with van der Waals surface area (Å²) < 4.78 is 6.65. The zero-order valence-corrected chi connectivity index (χ0v) is 25.8. The van der Waals surface area contributed by atoms with E-state index in [-0.39, 0.29) is 20.1 Å². The summed E-state index contributed by atoms with van der Waals surface area (Å²) in [4.78, 5) is 8.77. The van der Waals surface area contributed by atoms with Crippen LogP contribution in [0.2, 0.25) is 0 Å². The van der Waals surface area contributed by atoms with Gasteiger partial charge in [-0.25, -0.2) is 0 Å². The second-order valence-corrected chi connectivity index (χ2v) is 12.1. The van der Waals surface area contributed by atoms with Gasteiger partial charge in [0.25, 0.3) is 0 Å². The van der Waals surface area contributed by atoms with E-state index in [1.54, 1.807) is 6.20 Å². The van der Waals surface area contributed by atoms with Crippen molar-refractivity contribution in [2.75, 3.05) is 0 Å². The zero-order chi connectivity index (χ0) is 27.2. The Morgan fingerprint density at radius 3 is 1.95 bits per heavy atom. The Hall–Kier alpha value is -3.59. The van der Waals surface area contributed by atoms with Gasteiger partial charge >= 0.3 is 0 Å². The maximum Gasteiger partial charge on any atom is 0.124 e. The average Bonchev–Trinajstić information content (AvgIpc) is 3.42. The number of hydrogen-bond donors (Lipinski definition) is 0. The number of fused-ring (bicyclic) bond motifs is 3. The first-order valence-electron chi connectivity index (χ1n) is 15.0. The predicted molar refractivity (Wildman–Crippen MR) is 164 cm³/mol. The molecule has 0 amide bonds. The Balaban J connectivity index is 0.000000188. The Labute approximate surface area is 260 Å². The van der Waals surface area contributed by atoms with Crippen LogP contribution in [-0.4, -0.2) is 9.97 Å². The van der Waals surface area contributed by atoms with Crippen molar-refractivity contribution in [3.63, 3.8) is 0 Å². The van der Waals surface area contributed by atoms with Crippen LogP contribution in [-0.2, 0) is 20.1 Å². The molecule has 3 aromatic carbocycles. The summed E-state index contributed by atoms with van der Waals surface area (Å²) in [6.07, 6.45) is 10.9. The van der Waals surface area contributed by atoms with Gasteiger partial charge in [0.15, 0.2) is 0 Å². The van der Waals surface area contributed by atoms with Gasteiger partial charge in [-0.1, -0.05) is 53.4 Å². The van der Waals surface area contributed by atoms with Crippen molar-refractivity contribution < 1.29 is 24.5 Å². The molecule has 4 aliphatic carbocycles. The molecule has 4 aliphatic rings. The zero-order valence-electron chi connectivity index (χ0n) is 23.4. The monoisotopic (exact) mass is 725 g/mol. The van der Waals surface area contributed by atoms with Crippen molar-refractivity contribution in [1.82, 2.24) is 9.97 Å². The Kier molecular flexibility index (Phi) is 7.52. The summed E-state index contributed by atoms with van der Waals surface area (Å²) in [6, 6.07) is 37.2. The summed E-state index contributed by atoms with van der Waals surface area (Å²) in [5.74, 6) is 4.37. The van der Waals surface area contributed by atoms with E-state index in [4.69, 9.17) is 4.42 Å². The first-order chi connectivity index (χ1) is 20.3. The average molecular weight is 725 g/mol. The number of rotatable bonds is 3. The third kappa shape index (κ3) is 4.91. The van der Waals surface area contributed by atoms with E-state index in [0.29, 0.717) is 5.92 Å². The van der Waals surface area contributed by atoms with Gasteiger partial charge in [0.1, 0.15) is 5.58 Å². The summed E-state index contributed by atoms with van der Waals surface area (Å²) in [6.45, 7) is 0. The molecule has 0 atom stereocenters. The molecule has 42 heavy (non-hydrogen) atoms. The Bertz CT molecular complexity index is 1730. The fraction of sp³-hybridized carbons (Fsp3) is 0.263. The van der Waals surface area contributed by atoms with Crippen molar-refractivity contribution in [3.05, 3.63) is 121 Å². The maximum absolute atomic E-state index is 6.65. The molecule has 4 fully saturated rings. The van der Waals surface area contributed by atoms with E-state index in [0.717, 1.165) is 57.4 Å². The molecular weight excluding hydrogens is 693 g/mol. The Morgan fingerprint density at radius 2 is 1.29 bits per heavy atom. The van der Waals surface area contributed by atoms with E-state index < -0.39 is 0 Å². The second-order valence-electron chi connectivity index (χ2n) is 12.1. The van der Waals surface area contributed by atoms with Gasteiger partial charge in [-0.3, -0.25) is 0 Å². The molecule has 0 saturated heterocycles. The summed E-state index contributed by atoms with van der Waals surface area (Å²) in [7, 11) is 0. The van der Waals surface area contributed by atoms with Crippen LogP contribution in [0.25, 0.3) is 44.5 Å². The molecule has 0 aliphatic heterocycles. The fourth-order valence-corrected chi connectivity index (χ4v) is 8.26. The second kappa shape index (κ2) is 11.6. The number of pyridine rings is 2. The normalized spacial score (nSPS) is 23.8. The van der Waals surface area contributed by atoms with Crippen molar-refractivity contribution in [3.8, 4) is 22.5 Å². The number of aromatic nitrogens is 2. The first kappa shape index (κ1) is 27.3. The van der Waals surface area contributed by atoms with E-state index in [9.17, 15) is 0 Å². The molecule has 10 rings (SSSR count). The maximum atomic E-state index is 6.65. The molecule has 4 bridgehead atoms. The topological polar surface area (TPSA) is 38.9 Å². The largest absolute Gasteiger partial charge is 0.500 e. The van der Waals surface area contributed by atoms with Crippen molar-refractivity contribution in [1.29, 1.82) is 0 Å². The van der Waals surface area contributed by atoms with E-state index >= 15 is 0 Å². The minimum absolute atomic E-state index is 0. The SMILES string of the molecule is [Ir].[c-]1ccc2c(oc3c(C4C5CC6CC(C5)CC4C6)cccc32)c1-c1ccccn1.[c-]1ccccc1-c1ccccn1. The minimum atomic E-state index is 0. The van der Waals surface area contributed by atoms with Gasteiger partial charge in [0.05, 0.1) is 5.58 Å². The van der Waals surface area contributed by atoms with Crippen LogP contribution in [0.15, 0.2) is 108 Å². The molecule has 3 aromatic heterocycles. The van der Waals surface area contributed by atoms with Crippen molar-refractivity contribution in [2.45, 2.75) is 38.0 Å². The molecule has 6 aromatic rings. The molecule has 0 spiro atoms. The molecule has 0 unspecified atom stereocenters. The standard InChI is InChI=1S/C27H24NO.C11H8N.Ir/c1-2-10-28-24(9-1)22-7-3-5-20-21-6-4-8-23(27(21)29-26(20)22)25-18-12-16-11-17(14-18)15-19(25)13-16;1-2-6-10(7-3-1)11-8-4-5-9-12-11;/h1-6,8-10,16-19,25H,11-15H2;1-6,8-9H;/q2*-1;. The fourth-order valence-electron chi connectivity index (χ4n) is 8.26. The minimum Gasteiger partial charge on any atom is -0.500 e. The van der Waals surface area contributed by atoms with Crippen LogP contribution >= 0.6 is 0 Å². The smallest absolute Gasteiger partial charge is 0.124 e. The number of hydrogen-bond acceptors (Lipinski definition) is 3. The molecule has 3 heterocycles. The van der Waals surface area contributed by atoms with Crippen molar-refractivity contribution >= 4 is 21.9 Å². The molecule has 3 nitrogen and oxygen atoms in total. The number of nitrogens with zero attached hydrogens (tertiary/aromatic N) is 2. The number of para-hydroxylation sites is 1. The summed E-state index contributed by atoms with van der Waals surface area (Å²) in [5, 5.41) is 2.43. The molecule has 0 N–H and O–H groups in total. The molecule has 1 radical (unpaired) electrons. The van der Waals surface area contributed by atoms with Crippen LogP contribution in [0.4, 0.5) is 0 Å². The molecule has 4 saturated carbocycles. The van der Waals surface area contributed by atoms with Gasteiger partial charge in [-0.2, -0.15) is 0 Å². The van der Waals surface area contributed by atoms with Gasteiger partial charge in [0, 0.05) is 37.9 Å². The number of furan rings is 1. The van der Waals surface area contributed by atoms with E-state index in [1.165, 1.54) is 48.4 Å². The number of benzene rings is 3. The van der Waals surface area contributed by atoms with Gasteiger partial charge in [-0.05, 0) is 90.8 Å². The molecular formula is C38H32IrN2O-2. The molecule has 4 heteroatoms. The third-order valence-electron chi connectivity index (χ3n) is 9.65. The van der Waals surface area contributed by atoms with E-state index in [1.807, 2.05) is 72.9 Å². The van der Waals surface area contributed by atoms with Crippen LogP contribution in [0, 0.1) is 35.8 Å². The van der Waals surface area contributed by atoms with Gasteiger partial charge < -0.3 is 14.4 Å². The van der Waals surface area contributed by atoms with Crippen LogP contribution in [0.3, 0.4) is 0 Å². The quantitative estimate of drug-likeness (QED) is 0.171. The predicted octanol–water partition coefficient (Wildman–Crippen LogP) is 9.53. The van der Waals surface area contributed by atoms with Crippen LogP contribution in [0.1, 0.15) is 43.6 Å². The summed E-state index contributed by atoms with van der Waals surface area (Å²) in [5.41, 5.74) is 7.40. The van der Waals surface area contributed by atoms with E-state index in [2.05, 4.69) is 46.4 Å². The first-order valence-corrected chi connectivity index (χ1v) is 15.0. The molecule has 211 valence electrons. The Morgan fingerprint density at radius 1 is 0.595 bits per heavy atom. The van der Waals surface area contributed by atoms with Gasteiger partial charge in [0.2, 0.25) is 0 Å². The summed E-state index contributed by atoms with van der Waals surface area (Å²) >= 11 is 0.